The number of nitrogens with one attached hydrogen (secondary N) is 1. The molecule has 0 saturated carbocycles. The number of carbonyl (C=O) groups is 4. The molecular formula is C15H30N4O8S2. The number of hydrogen-bond acceptors (Lipinski definition) is 11. The van der Waals surface area contributed by atoms with E-state index in [-0.39, 0.29) is 11.1 Å². The summed E-state index contributed by atoms with van der Waals surface area (Å²) in [6.07, 6.45) is 2.16. The summed E-state index contributed by atoms with van der Waals surface area (Å²) in [6.45, 7) is 0.772. The minimum absolute atomic E-state index is 0.137. The van der Waals surface area contributed by atoms with Crippen molar-refractivity contribution in [1.29, 1.82) is 0 Å². The van der Waals surface area contributed by atoms with E-state index in [0.29, 0.717) is 13.0 Å². The lowest BCUT2D eigenvalue weighted by atomic mass is 10.1. The molecule has 10 N–H and O–H groups in total. The van der Waals surface area contributed by atoms with Gasteiger partial charge in [-0.1, -0.05) is 6.42 Å². The van der Waals surface area contributed by atoms with Crippen LogP contribution in [0.2, 0.25) is 0 Å². The molecule has 1 heterocycles. The number of nitrogens with two attached hydrogens (primary N) is 3. The number of ether oxygens (including phenoxy) is 1. The lowest BCUT2D eigenvalue weighted by molar-refractivity contribution is -0.155. The van der Waals surface area contributed by atoms with Crippen LogP contribution in [0.25, 0.3) is 0 Å². The summed E-state index contributed by atoms with van der Waals surface area (Å²) in [4.78, 5) is 40.8. The standard InChI is InChI=1S/C6H14N2O2.C5H9NO4S.C4H7NO2S/c7-4-2-1-3-5(8)6(9)10;6-3(2-11)5(9)10-1-4(7)8;6-4(7)3-5-1-2-8-3/h5H,1-4,7-8H2,(H,9,10);3,11H,1-2,6H2,(H,7,8);3,5H,1-2H2,(H,6,7)/t5-;3-;/m00./s1. The zero-order valence-electron chi connectivity index (χ0n) is 15.9. The smallest absolute Gasteiger partial charge is 0.341 e. The van der Waals surface area contributed by atoms with Crippen molar-refractivity contribution in [1.82, 2.24) is 5.32 Å². The van der Waals surface area contributed by atoms with Crippen LogP contribution in [0.3, 0.4) is 0 Å². The molecule has 1 unspecified atom stereocenters. The van der Waals surface area contributed by atoms with E-state index in [1.54, 1.807) is 0 Å². The van der Waals surface area contributed by atoms with E-state index in [2.05, 4.69) is 22.7 Å². The normalized spacial score (nSPS) is 16.9. The molecule has 0 bridgehead atoms. The molecule has 0 aliphatic carbocycles. The number of carboxylic acid groups (broad SMARTS) is 3. The van der Waals surface area contributed by atoms with Gasteiger partial charge < -0.3 is 37.3 Å². The van der Waals surface area contributed by atoms with Crippen LogP contribution in [0.5, 0.6) is 0 Å². The highest BCUT2D eigenvalue weighted by Gasteiger charge is 2.20. The molecule has 14 heteroatoms. The molecule has 12 nitrogen and oxygen atoms in total. The Hall–Kier alpha value is -1.58. The van der Waals surface area contributed by atoms with Crippen LogP contribution in [0.1, 0.15) is 19.3 Å². The van der Waals surface area contributed by atoms with Crippen LogP contribution in [0.15, 0.2) is 0 Å². The molecule has 0 aromatic carbocycles. The Bertz CT molecular complexity index is 507. The molecule has 1 aliphatic rings. The van der Waals surface area contributed by atoms with Gasteiger partial charge in [-0.15, -0.1) is 11.8 Å². The molecule has 1 fully saturated rings. The Morgan fingerprint density at radius 3 is 2.10 bits per heavy atom. The van der Waals surface area contributed by atoms with E-state index in [0.717, 1.165) is 25.1 Å². The number of aliphatic carboxylic acids is 3. The highest BCUT2D eigenvalue weighted by Crippen LogP contribution is 2.12. The molecule has 0 radical (unpaired) electrons. The second-order valence-electron chi connectivity index (χ2n) is 5.56. The molecule has 0 aromatic heterocycles. The van der Waals surface area contributed by atoms with Crippen LogP contribution in [0, 0.1) is 0 Å². The molecule has 29 heavy (non-hydrogen) atoms. The Balaban J connectivity index is 0. The van der Waals surface area contributed by atoms with Gasteiger partial charge in [0.25, 0.3) is 0 Å². The Morgan fingerprint density at radius 1 is 1.14 bits per heavy atom. The van der Waals surface area contributed by atoms with E-state index in [1.807, 2.05) is 0 Å². The zero-order chi connectivity index (χ0) is 22.8. The number of thioether (sulfide) groups is 1. The maximum absolute atomic E-state index is 10.6. The van der Waals surface area contributed by atoms with Gasteiger partial charge >= 0.3 is 23.9 Å². The predicted octanol–water partition coefficient (Wildman–Crippen LogP) is -1.87. The molecular weight excluding hydrogens is 428 g/mol. The molecule has 1 aliphatic heterocycles. The number of rotatable bonds is 10. The summed E-state index contributed by atoms with van der Waals surface area (Å²) < 4.78 is 4.24. The van der Waals surface area contributed by atoms with Crippen molar-refractivity contribution < 1.29 is 39.2 Å². The van der Waals surface area contributed by atoms with Gasteiger partial charge in [0.1, 0.15) is 12.1 Å². The van der Waals surface area contributed by atoms with Crippen LogP contribution in [-0.2, 0) is 23.9 Å². The van der Waals surface area contributed by atoms with Gasteiger partial charge in [0.2, 0.25) is 0 Å². The summed E-state index contributed by atoms with van der Waals surface area (Å²) in [5, 5.41) is 27.2. The van der Waals surface area contributed by atoms with Crippen molar-refractivity contribution in [3.05, 3.63) is 0 Å². The molecule has 0 amide bonds. The number of esters is 1. The average Bonchev–Trinajstić information content (AvgIpc) is 3.21. The zero-order valence-corrected chi connectivity index (χ0v) is 17.6. The first-order valence-electron chi connectivity index (χ1n) is 8.57. The number of hydrogen-bond donors (Lipinski definition) is 8. The highest BCUT2D eigenvalue weighted by atomic mass is 32.2. The predicted molar refractivity (Wildman–Crippen MR) is 111 cm³/mol. The largest absolute Gasteiger partial charge is 0.480 e. The summed E-state index contributed by atoms with van der Waals surface area (Å²) in [5.41, 5.74) is 15.6. The monoisotopic (exact) mass is 458 g/mol. The van der Waals surface area contributed by atoms with Crippen LogP contribution >= 0.6 is 24.4 Å². The summed E-state index contributed by atoms with van der Waals surface area (Å²) in [6, 6.07) is -1.57. The summed E-state index contributed by atoms with van der Waals surface area (Å²) >= 11 is 5.17. The number of carbonyl (C=O) groups excluding carboxylic acids is 1. The van der Waals surface area contributed by atoms with Crippen molar-refractivity contribution in [2.45, 2.75) is 36.7 Å². The Morgan fingerprint density at radius 2 is 1.76 bits per heavy atom. The fourth-order valence-corrected chi connectivity index (χ4v) is 2.53. The fraction of sp³-hybridized carbons (Fsp3) is 0.733. The quantitative estimate of drug-likeness (QED) is 0.102. The van der Waals surface area contributed by atoms with Gasteiger partial charge in [0, 0.05) is 18.1 Å². The third kappa shape index (κ3) is 18.2. The Kier molecular flexibility index (Phi) is 18.8. The third-order valence-corrected chi connectivity index (χ3v) is 4.60. The second kappa shape index (κ2) is 18.4. The molecule has 1 rings (SSSR count). The Labute approximate surface area is 178 Å². The van der Waals surface area contributed by atoms with Gasteiger partial charge in [0.15, 0.2) is 12.0 Å². The van der Waals surface area contributed by atoms with Gasteiger partial charge in [0.05, 0.1) is 0 Å². The van der Waals surface area contributed by atoms with Crippen LogP contribution in [-0.4, -0.2) is 87.9 Å². The van der Waals surface area contributed by atoms with Gasteiger partial charge in [-0.2, -0.15) is 12.6 Å². The molecule has 170 valence electrons. The summed E-state index contributed by atoms with van der Waals surface area (Å²) in [7, 11) is 0. The van der Waals surface area contributed by atoms with Gasteiger partial charge in [-0.3, -0.25) is 14.9 Å². The van der Waals surface area contributed by atoms with Crippen molar-refractivity contribution in [2.75, 3.05) is 31.2 Å². The molecule has 1 saturated heterocycles. The SMILES string of the molecule is NCCCC[C@H](N)C(=O)O.N[C@@H](CS)C(=O)OCC(=O)O.O=C(O)C1NCCS1. The number of carboxylic acids is 3. The number of unbranched alkanes of at least 4 members (excludes halogenated alkanes) is 1. The van der Waals surface area contributed by atoms with Crippen LogP contribution in [0.4, 0.5) is 0 Å². The first kappa shape index (κ1) is 29.6. The first-order valence-corrected chi connectivity index (χ1v) is 10.3. The van der Waals surface area contributed by atoms with Crippen molar-refractivity contribution in [3.8, 4) is 0 Å². The third-order valence-electron chi connectivity index (χ3n) is 3.06. The maximum atomic E-state index is 10.6. The van der Waals surface area contributed by atoms with Crippen molar-refractivity contribution in [3.63, 3.8) is 0 Å². The number of thiol groups is 1. The van der Waals surface area contributed by atoms with E-state index < -0.39 is 42.6 Å². The van der Waals surface area contributed by atoms with E-state index in [9.17, 15) is 19.2 Å². The van der Waals surface area contributed by atoms with E-state index >= 15 is 0 Å². The summed E-state index contributed by atoms with van der Waals surface area (Å²) in [5.74, 6) is -2.59. The molecule has 0 spiro atoms. The van der Waals surface area contributed by atoms with Gasteiger partial charge in [-0.05, 0) is 19.4 Å². The van der Waals surface area contributed by atoms with Crippen molar-refractivity contribution in [2.24, 2.45) is 17.2 Å². The topological polar surface area (TPSA) is 228 Å². The molecule has 0 aromatic rings. The van der Waals surface area contributed by atoms with E-state index in [4.69, 9.17) is 32.5 Å². The van der Waals surface area contributed by atoms with E-state index in [1.165, 1.54) is 11.8 Å². The average molecular weight is 459 g/mol. The second-order valence-corrected chi connectivity index (χ2v) is 7.14. The van der Waals surface area contributed by atoms with Gasteiger partial charge in [-0.25, -0.2) is 9.59 Å². The highest BCUT2D eigenvalue weighted by molar-refractivity contribution is 8.00. The lowest BCUT2D eigenvalue weighted by Crippen LogP contribution is -2.34. The minimum atomic E-state index is -1.20. The maximum Gasteiger partial charge on any atom is 0.341 e. The lowest BCUT2D eigenvalue weighted by Gasteiger charge is -2.05. The van der Waals surface area contributed by atoms with Crippen molar-refractivity contribution >= 4 is 48.3 Å². The minimum Gasteiger partial charge on any atom is -0.480 e. The van der Waals surface area contributed by atoms with Crippen LogP contribution < -0.4 is 22.5 Å². The first-order chi connectivity index (χ1) is 13.6. The molecule has 3 atom stereocenters. The fourth-order valence-electron chi connectivity index (χ4n) is 1.53.